The van der Waals surface area contributed by atoms with Crippen molar-refractivity contribution in [3.63, 3.8) is 0 Å². The number of ether oxygens (including phenoxy) is 1. The molecule has 0 N–H and O–H groups in total. The summed E-state index contributed by atoms with van der Waals surface area (Å²) < 4.78 is 47.7. The van der Waals surface area contributed by atoms with Crippen molar-refractivity contribution in [2.75, 3.05) is 32.7 Å². The molecule has 0 bridgehead atoms. The predicted octanol–water partition coefficient (Wildman–Crippen LogP) is 2.56. The lowest BCUT2D eigenvalue weighted by Crippen LogP contribution is -2.49. The summed E-state index contributed by atoms with van der Waals surface area (Å²) >= 11 is 0. The molecule has 1 aliphatic carbocycles. The van der Waals surface area contributed by atoms with Gasteiger partial charge in [-0.2, -0.15) is 13.2 Å². The lowest BCUT2D eigenvalue weighted by Gasteiger charge is -2.35. The Morgan fingerprint density at radius 2 is 1.97 bits per heavy atom. The summed E-state index contributed by atoms with van der Waals surface area (Å²) in [6, 6.07) is 2.80. The second kappa shape index (κ2) is 9.84. The van der Waals surface area contributed by atoms with Crippen LogP contribution >= 0.6 is 0 Å². The molecule has 1 amide bonds. The largest absolute Gasteiger partial charge is 0.457 e. The molecular formula is C24H25F3N6O3. The van der Waals surface area contributed by atoms with Crippen LogP contribution in [0.25, 0.3) is 5.70 Å². The Hall–Kier alpha value is -3.54. The molecule has 1 fully saturated rings. The minimum Gasteiger partial charge on any atom is -0.457 e. The molecule has 1 saturated heterocycles. The molecule has 1 aromatic carbocycles. The number of allylic oxidation sites excluding steroid dienone is 4. The number of carbonyl (C=O) groups excluding carboxylic acids is 2. The van der Waals surface area contributed by atoms with E-state index in [4.69, 9.17) is 4.74 Å². The molecule has 3 aliphatic rings. The highest BCUT2D eigenvalue weighted by molar-refractivity contribution is 5.94. The van der Waals surface area contributed by atoms with Crippen molar-refractivity contribution in [2.45, 2.75) is 32.0 Å². The van der Waals surface area contributed by atoms with Crippen molar-refractivity contribution in [3.8, 4) is 0 Å². The average molecular weight is 502 g/mol. The summed E-state index contributed by atoms with van der Waals surface area (Å²) in [6.07, 6.45) is 4.19. The fourth-order valence-electron chi connectivity index (χ4n) is 4.92. The molecule has 2 aromatic rings. The SMILES string of the molecule is O=C1OCc2c1ccc(CCN1CCN(C(=O)CC3C=CC(n4cnnn4)=CC3)CC1)c2C(F)(F)F. The number of hydrogen-bond donors (Lipinski definition) is 0. The zero-order valence-corrected chi connectivity index (χ0v) is 19.4. The van der Waals surface area contributed by atoms with Gasteiger partial charge < -0.3 is 9.64 Å². The fraction of sp³-hybridized carbons (Fsp3) is 0.458. The highest BCUT2D eigenvalue weighted by Crippen LogP contribution is 2.39. The third-order valence-electron chi connectivity index (χ3n) is 6.89. The van der Waals surface area contributed by atoms with E-state index in [0.29, 0.717) is 39.1 Å². The minimum absolute atomic E-state index is 0.00636. The molecule has 0 spiro atoms. The van der Waals surface area contributed by atoms with E-state index in [1.807, 2.05) is 23.1 Å². The lowest BCUT2D eigenvalue weighted by atomic mass is 9.94. The van der Waals surface area contributed by atoms with Crippen molar-refractivity contribution >= 4 is 17.6 Å². The number of carbonyl (C=O) groups is 2. The molecule has 36 heavy (non-hydrogen) atoms. The molecular weight excluding hydrogens is 477 g/mol. The summed E-state index contributed by atoms with van der Waals surface area (Å²) in [5.74, 6) is -0.533. The van der Waals surface area contributed by atoms with Crippen LogP contribution in [0.3, 0.4) is 0 Å². The Balaban J connectivity index is 1.12. The standard InChI is InChI=1S/C24H25F3N6O3/c25-24(26,27)22-17(3-6-19-20(22)14-36-23(19)35)7-8-31-9-11-32(12-10-31)21(34)13-16-1-4-18(5-2-16)33-15-28-29-30-33/h1,3-6,15-16H,2,7-14H2. The number of amides is 1. The number of aromatic nitrogens is 4. The van der Waals surface area contributed by atoms with Crippen molar-refractivity contribution in [1.29, 1.82) is 0 Å². The van der Waals surface area contributed by atoms with Gasteiger partial charge in [-0.1, -0.05) is 18.2 Å². The molecule has 3 heterocycles. The molecule has 1 atom stereocenters. The Morgan fingerprint density at radius 1 is 1.17 bits per heavy atom. The number of alkyl halides is 3. The van der Waals surface area contributed by atoms with E-state index in [1.165, 1.54) is 18.5 Å². The quantitative estimate of drug-likeness (QED) is 0.561. The van der Waals surface area contributed by atoms with Crippen LogP contribution in [0.15, 0.2) is 36.7 Å². The highest BCUT2D eigenvalue weighted by Gasteiger charge is 2.40. The van der Waals surface area contributed by atoms with E-state index >= 15 is 0 Å². The van der Waals surface area contributed by atoms with Crippen LogP contribution in [0.1, 0.15) is 39.9 Å². The number of nitrogens with zero attached hydrogens (tertiary/aromatic N) is 6. The first-order valence-electron chi connectivity index (χ1n) is 11.8. The van der Waals surface area contributed by atoms with Crippen LogP contribution < -0.4 is 0 Å². The van der Waals surface area contributed by atoms with Gasteiger partial charge in [0.25, 0.3) is 0 Å². The van der Waals surface area contributed by atoms with Gasteiger partial charge in [-0.05, 0) is 46.9 Å². The predicted molar refractivity (Wildman–Crippen MR) is 121 cm³/mol. The Morgan fingerprint density at radius 3 is 2.64 bits per heavy atom. The summed E-state index contributed by atoms with van der Waals surface area (Å²) in [4.78, 5) is 28.4. The van der Waals surface area contributed by atoms with Crippen LogP contribution in [0, 0.1) is 5.92 Å². The normalized spacial score (nSPS) is 20.3. The van der Waals surface area contributed by atoms with Crippen LogP contribution in [-0.4, -0.2) is 74.6 Å². The Bertz CT molecular complexity index is 1200. The molecule has 9 nitrogen and oxygen atoms in total. The highest BCUT2D eigenvalue weighted by atomic mass is 19.4. The second-order valence-electron chi connectivity index (χ2n) is 9.11. The van der Waals surface area contributed by atoms with Gasteiger partial charge in [0, 0.05) is 44.7 Å². The van der Waals surface area contributed by atoms with Gasteiger partial charge in [0.1, 0.15) is 12.9 Å². The third kappa shape index (κ3) is 5.03. The van der Waals surface area contributed by atoms with E-state index in [-0.39, 0.29) is 41.5 Å². The van der Waals surface area contributed by atoms with Crippen molar-refractivity contribution in [1.82, 2.24) is 30.0 Å². The zero-order chi connectivity index (χ0) is 25.3. The first-order valence-corrected chi connectivity index (χ1v) is 11.8. The number of esters is 1. The lowest BCUT2D eigenvalue weighted by molar-refractivity contribution is -0.139. The maximum Gasteiger partial charge on any atom is 0.417 e. The number of rotatable bonds is 6. The first-order chi connectivity index (χ1) is 17.3. The molecule has 12 heteroatoms. The smallest absolute Gasteiger partial charge is 0.417 e. The van der Waals surface area contributed by atoms with E-state index < -0.39 is 17.7 Å². The van der Waals surface area contributed by atoms with Crippen LogP contribution in [-0.2, 0) is 28.7 Å². The van der Waals surface area contributed by atoms with Gasteiger partial charge in [0.2, 0.25) is 5.91 Å². The maximum atomic E-state index is 13.8. The number of fused-ring (bicyclic) bond motifs is 1. The molecule has 190 valence electrons. The molecule has 0 radical (unpaired) electrons. The Labute approximate surface area is 205 Å². The first kappa shape index (κ1) is 24.2. The molecule has 0 saturated carbocycles. The summed E-state index contributed by atoms with van der Waals surface area (Å²) in [5.41, 5.74) is 0.201. The minimum atomic E-state index is -4.56. The summed E-state index contributed by atoms with van der Waals surface area (Å²) in [7, 11) is 0. The van der Waals surface area contributed by atoms with Crippen molar-refractivity contribution < 1.29 is 27.5 Å². The van der Waals surface area contributed by atoms with Crippen LogP contribution in [0.2, 0.25) is 0 Å². The summed E-state index contributed by atoms with van der Waals surface area (Å²) in [6.45, 7) is 2.38. The van der Waals surface area contributed by atoms with Gasteiger partial charge >= 0.3 is 12.1 Å². The number of halogens is 3. The van der Waals surface area contributed by atoms with Gasteiger partial charge in [-0.25, -0.2) is 9.48 Å². The number of hydrogen-bond acceptors (Lipinski definition) is 7. The van der Waals surface area contributed by atoms with E-state index in [0.717, 1.165) is 12.1 Å². The van der Waals surface area contributed by atoms with E-state index in [2.05, 4.69) is 20.4 Å². The van der Waals surface area contributed by atoms with E-state index in [1.54, 1.807) is 4.68 Å². The number of piperazine rings is 1. The molecule has 1 unspecified atom stereocenters. The third-order valence-corrected chi connectivity index (χ3v) is 6.89. The number of cyclic esters (lactones) is 1. The van der Waals surface area contributed by atoms with E-state index in [9.17, 15) is 22.8 Å². The number of tetrazole rings is 1. The second-order valence-corrected chi connectivity index (χ2v) is 9.11. The molecule has 2 aliphatic heterocycles. The number of benzene rings is 1. The molecule has 1 aromatic heterocycles. The zero-order valence-electron chi connectivity index (χ0n) is 19.4. The Kier molecular flexibility index (Phi) is 6.61. The van der Waals surface area contributed by atoms with Gasteiger partial charge in [-0.3, -0.25) is 9.69 Å². The fourth-order valence-corrected chi connectivity index (χ4v) is 4.92. The average Bonchev–Trinajstić information content (AvgIpc) is 3.53. The van der Waals surface area contributed by atoms with Gasteiger partial charge in [0.15, 0.2) is 0 Å². The van der Waals surface area contributed by atoms with Gasteiger partial charge in [-0.15, -0.1) is 5.10 Å². The maximum absolute atomic E-state index is 13.8. The topological polar surface area (TPSA) is 93.5 Å². The van der Waals surface area contributed by atoms with Gasteiger partial charge in [0.05, 0.1) is 16.8 Å². The molecule has 5 rings (SSSR count). The van der Waals surface area contributed by atoms with Crippen molar-refractivity contribution in [3.05, 3.63) is 58.9 Å². The van der Waals surface area contributed by atoms with Crippen LogP contribution in [0.5, 0.6) is 0 Å². The van der Waals surface area contributed by atoms with Crippen molar-refractivity contribution in [2.24, 2.45) is 5.92 Å². The monoisotopic (exact) mass is 502 g/mol. The summed E-state index contributed by atoms with van der Waals surface area (Å²) in [5, 5.41) is 11.1. The van der Waals surface area contributed by atoms with Crippen LogP contribution in [0.4, 0.5) is 13.2 Å².